The van der Waals surface area contributed by atoms with Gasteiger partial charge in [0.15, 0.2) is 0 Å². The molecular weight excluding hydrogens is 280 g/mol. The lowest BCUT2D eigenvalue weighted by Gasteiger charge is -2.08. The largest absolute Gasteiger partial charge is 0.327 e. The van der Waals surface area contributed by atoms with Crippen LogP contribution in [0.3, 0.4) is 0 Å². The first kappa shape index (κ1) is 14.2. The van der Waals surface area contributed by atoms with E-state index >= 15 is 0 Å². The molecule has 0 unspecified atom stereocenters. The van der Waals surface area contributed by atoms with Crippen LogP contribution in [-0.2, 0) is 19.6 Å². The number of aryl methyl sites for hydroxylation is 2. The van der Waals surface area contributed by atoms with Gasteiger partial charge in [0, 0.05) is 18.5 Å². The van der Waals surface area contributed by atoms with Crippen molar-refractivity contribution in [1.29, 1.82) is 0 Å². The van der Waals surface area contributed by atoms with Gasteiger partial charge >= 0.3 is 0 Å². The third kappa shape index (κ3) is 3.14. The number of benzene rings is 1. The summed E-state index contributed by atoms with van der Waals surface area (Å²) < 4.78 is 2.31. The first-order valence-corrected chi connectivity index (χ1v) is 8.21. The maximum absolute atomic E-state index is 4.75. The highest BCUT2D eigenvalue weighted by Gasteiger charge is 2.09. The molecule has 0 atom stereocenters. The Bertz CT molecular complexity index is 729. The van der Waals surface area contributed by atoms with E-state index in [1.54, 1.807) is 11.3 Å². The van der Waals surface area contributed by atoms with Crippen molar-refractivity contribution in [3.63, 3.8) is 0 Å². The van der Waals surface area contributed by atoms with E-state index < -0.39 is 0 Å². The highest BCUT2D eigenvalue weighted by Crippen LogP contribution is 2.16. The van der Waals surface area contributed by atoms with Crippen LogP contribution in [0.1, 0.15) is 29.9 Å². The molecule has 1 N–H and O–H groups in total. The number of imidazole rings is 1. The molecule has 0 radical (unpaired) electrons. The second-order valence-corrected chi connectivity index (χ2v) is 6.19. The minimum Gasteiger partial charge on any atom is -0.327 e. The van der Waals surface area contributed by atoms with Crippen LogP contribution in [0.25, 0.3) is 11.0 Å². The van der Waals surface area contributed by atoms with Crippen LogP contribution in [0.2, 0.25) is 0 Å². The Balaban J connectivity index is 1.74. The van der Waals surface area contributed by atoms with Crippen LogP contribution in [0.15, 0.2) is 29.6 Å². The third-order valence-electron chi connectivity index (χ3n) is 3.44. The summed E-state index contributed by atoms with van der Waals surface area (Å²) in [4.78, 5) is 9.22. The summed E-state index contributed by atoms with van der Waals surface area (Å²) in [6.07, 6.45) is 1.11. The quantitative estimate of drug-likeness (QED) is 0.757. The Morgan fingerprint density at radius 2 is 2.05 bits per heavy atom. The van der Waals surface area contributed by atoms with Gasteiger partial charge in [-0.05, 0) is 25.5 Å². The van der Waals surface area contributed by atoms with E-state index in [1.807, 2.05) is 13.0 Å². The van der Waals surface area contributed by atoms with Crippen molar-refractivity contribution in [2.45, 2.75) is 39.9 Å². The predicted molar refractivity (Wildman–Crippen MR) is 87.4 cm³/mol. The number of aromatic nitrogens is 3. The Morgan fingerprint density at radius 3 is 2.81 bits per heavy atom. The number of para-hydroxylation sites is 2. The fourth-order valence-electron chi connectivity index (χ4n) is 2.53. The normalized spacial score (nSPS) is 11.3. The van der Waals surface area contributed by atoms with Crippen molar-refractivity contribution in [1.82, 2.24) is 19.9 Å². The van der Waals surface area contributed by atoms with Gasteiger partial charge < -0.3 is 9.88 Å². The van der Waals surface area contributed by atoms with Gasteiger partial charge in [-0.3, -0.25) is 0 Å². The Labute approximate surface area is 128 Å². The second kappa shape index (κ2) is 6.37. The number of rotatable bonds is 6. The van der Waals surface area contributed by atoms with Crippen LogP contribution in [0, 0.1) is 6.92 Å². The van der Waals surface area contributed by atoms with Gasteiger partial charge in [0.1, 0.15) is 5.82 Å². The standard InChI is InChI=1S/C16H20N4S/c1-3-8-20-15-7-5-4-6-14(15)19-16(20)10-17-9-13-11-21-12(2)18-13/h4-7,11,17H,3,8-10H2,1-2H3. The van der Waals surface area contributed by atoms with Crippen LogP contribution in [0.5, 0.6) is 0 Å². The molecular formula is C16H20N4S. The number of thiazole rings is 1. The van der Waals surface area contributed by atoms with E-state index in [0.29, 0.717) is 0 Å². The van der Waals surface area contributed by atoms with Crippen molar-refractivity contribution < 1.29 is 0 Å². The molecule has 1 aromatic carbocycles. The Hall–Kier alpha value is -1.72. The van der Waals surface area contributed by atoms with Crippen molar-refractivity contribution in [3.8, 4) is 0 Å². The number of nitrogens with one attached hydrogen (secondary N) is 1. The monoisotopic (exact) mass is 300 g/mol. The Kier molecular flexibility index (Phi) is 4.31. The highest BCUT2D eigenvalue weighted by atomic mass is 32.1. The lowest BCUT2D eigenvalue weighted by Crippen LogP contribution is -2.17. The fourth-order valence-corrected chi connectivity index (χ4v) is 3.14. The molecule has 4 nitrogen and oxygen atoms in total. The maximum atomic E-state index is 4.75. The van der Waals surface area contributed by atoms with Gasteiger partial charge in [0.2, 0.25) is 0 Å². The zero-order valence-corrected chi connectivity index (χ0v) is 13.3. The minimum atomic E-state index is 0.769. The maximum Gasteiger partial charge on any atom is 0.123 e. The highest BCUT2D eigenvalue weighted by molar-refractivity contribution is 7.09. The molecule has 0 saturated heterocycles. The second-order valence-electron chi connectivity index (χ2n) is 5.13. The fraction of sp³-hybridized carbons (Fsp3) is 0.375. The average Bonchev–Trinajstić information content (AvgIpc) is 3.04. The molecule has 0 spiro atoms. The van der Waals surface area contributed by atoms with Gasteiger partial charge in [-0.1, -0.05) is 19.1 Å². The number of nitrogens with zero attached hydrogens (tertiary/aromatic N) is 3. The molecule has 110 valence electrons. The van der Waals surface area contributed by atoms with Crippen LogP contribution >= 0.6 is 11.3 Å². The predicted octanol–water partition coefficient (Wildman–Crippen LogP) is 3.50. The van der Waals surface area contributed by atoms with Gasteiger partial charge in [0.05, 0.1) is 28.3 Å². The van der Waals surface area contributed by atoms with Gasteiger partial charge in [0.25, 0.3) is 0 Å². The number of hydrogen-bond donors (Lipinski definition) is 1. The molecule has 2 heterocycles. The van der Waals surface area contributed by atoms with Crippen molar-refractivity contribution in [2.24, 2.45) is 0 Å². The van der Waals surface area contributed by atoms with Crippen LogP contribution in [-0.4, -0.2) is 14.5 Å². The lowest BCUT2D eigenvalue weighted by atomic mass is 10.3. The minimum absolute atomic E-state index is 0.769. The zero-order valence-electron chi connectivity index (χ0n) is 12.5. The molecule has 3 aromatic rings. The summed E-state index contributed by atoms with van der Waals surface area (Å²) in [7, 11) is 0. The molecule has 0 saturated carbocycles. The number of fused-ring (bicyclic) bond motifs is 1. The first-order chi connectivity index (χ1) is 10.3. The van der Waals surface area contributed by atoms with Crippen molar-refractivity contribution in [2.75, 3.05) is 0 Å². The van der Waals surface area contributed by atoms with Gasteiger partial charge in [-0.2, -0.15) is 0 Å². The van der Waals surface area contributed by atoms with E-state index in [4.69, 9.17) is 4.98 Å². The average molecular weight is 300 g/mol. The molecule has 0 fully saturated rings. The molecule has 0 bridgehead atoms. The summed E-state index contributed by atoms with van der Waals surface area (Å²) in [6.45, 7) is 6.80. The van der Waals surface area contributed by atoms with E-state index in [-0.39, 0.29) is 0 Å². The van der Waals surface area contributed by atoms with Crippen molar-refractivity contribution >= 4 is 22.4 Å². The molecule has 0 aliphatic rings. The van der Waals surface area contributed by atoms with E-state index in [2.05, 4.69) is 45.4 Å². The van der Waals surface area contributed by atoms with Gasteiger partial charge in [-0.25, -0.2) is 9.97 Å². The SMILES string of the molecule is CCCn1c(CNCc2csc(C)n2)nc2ccccc21. The molecule has 3 rings (SSSR count). The molecule has 0 aliphatic heterocycles. The summed E-state index contributed by atoms with van der Waals surface area (Å²) >= 11 is 1.69. The molecule has 5 heteroatoms. The van der Waals surface area contributed by atoms with Crippen molar-refractivity contribution in [3.05, 3.63) is 46.2 Å². The van der Waals surface area contributed by atoms with E-state index in [1.165, 1.54) is 5.52 Å². The van der Waals surface area contributed by atoms with E-state index in [9.17, 15) is 0 Å². The zero-order chi connectivity index (χ0) is 14.7. The van der Waals surface area contributed by atoms with Crippen LogP contribution < -0.4 is 5.32 Å². The molecule has 21 heavy (non-hydrogen) atoms. The molecule has 2 aromatic heterocycles. The summed E-state index contributed by atoms with van der Waals surface area (Å²) in [5, 5.41) is 6.68. The first-order valence-electron chi connectivity index (χ1n) is 7.34. The van der Waals surface area contributed by atoms with Crippen LogP contribution in [0.4, 0.5) is 0 Å². The summed E-state index contributed by atoms with van der Waals surface area (Å²) in [5.74, 6) is 1.10. The number of hydrogen-bond acceptors (Lipinski definition) is 4. The molecule has 0 amide bonds. The van der Waals surface area contributed by atoms with Gasteiger partial charge in [-0.15, -0.1) is 11.3 Å². The summed E-state index contributed by atoms with van der Waals surface area (Å²) in [5.41, 5.74) is 3.41. The third-order valence-corrected chi connectivity index (χ3v) is 4.26. The topological polar surface area (TPSA) is 42.7 Å². The smallest absolute Gasteiger partial charge is 0.123 e. The lowest BCUT2D eigenvalue weighted by molar-refractivity contribution is 0.594. The van der Waals surface area contributed by atoms with E-state index in [0.717, 1.165) is 48.1 Å². The molecule has 0 aliphatic carbocycles. The Morgan fingerprint density at radius 1 is 1.19 bits per heavy atom. The summed E-state index contributed by atoms with van der Waals surface area (Å²) in [6, 6.07) is 8.34.